The number of rotatable bonds is 1. The molecule has 0 spiro atoms. The van der Waals surface area contributed by atoms with E-state index in [4.69, 9.17) is 0 Å². The highest BCUT2D eigenvalue weighted by Crippen LogP contribution is 2.11. The van der Waals surface area contributed by atoms with Gasteiger partial charge in [0, 0.05) is 12.4 Å². The molecule has 0 aliphatic carbocycles. The summed E-state index contributed by atoms with van der Waals surface area (Å²) in [6.45, 7) is 29.4. The van der Waals surface area contributed by atoms with E-state index in [1.54, 1.807) is 12.4 Å². The van der Waals surface area contributed by atoms with Crippen LogP contribution in [0.15, 0.2) is 97.3 Å². The normalized spacial score (nSPS) is 7.69. The topological polar surface area (TPSA) is 12.9 Å². The van der Waals surface area contributed by atoms with Crippen LogP contribution in [-0.2, 0) is 0 Å². The summed E-state index contributed by atoms with van der Waals surface area (Å²) >= 11 is 0. The summed E-state index contributed by atoms with van der Waals surface area (Å²) in [5.74, 6) is 2.33. The van der Waals surface area contributed by atoms with Crippen molar-refractivity contribution < 1.29 is 0 Å². The van der Waals surface area contributed by atoms with Crippen LogP contribution in [0.1, 0.15) is 108 Å². The number of benzene rings is 2. The van der Waals surface area contributed by atoms with E-state index in [0.29, 0.717) is 5.92 Å². The van der Waals surface area contributed by atoms with Crippen LogP contribution in [0.4, 0.5) is 0 Å². The first-order chi connectivity index (χ1) is 16.8. The predicted octanol–water partition coefficient (Wildman–Crippen LogP) is 12.0. The van der Waals surface area contributed by atoms with Gasteiger partial charge in [0.2, 0.25) is 0 Å². The van der Waals surface area contributed by atoms with Gasteiger partial charge in [-0.05, 0) is 35.4 Å². The molecule has 1 heterocycles. The molecule has 2 aromatic carbocycles. The van der Waals surface area contributed by atoms with Crippen molar-refractivity contribution in [1.82, 2.24) is 4.98 Å². The number of pyridine rings is 1. The lowest BCUT2D eigenvalue weighted by Crippen LogP contribution is -1.83. The highest BCUT2D eigenvalue weighted by atomic mass is 31.0. The van der Waals surface area contributed by atoms with Crippen LogP contribution >= 0.6 is 9.90 Å². The fraction of sp³-hybridized carbons (Fsp3) is 0.500. The Morgan fingerprint density at radius 2 is 0.639 bits per heavy atom. The molecule has 0 aliphatic rings. The Balaban J connectivity index is -0.0000000757. The summed E-state index contributed by atoms with van der Waals surface area (Å²) in [7, 11) is 0. The van der Waals surface area contributed by atoms with Crippen molar-refractivity contribution in [2.75, 3.05) is 0 Å². The molecule has 0 bridgehead atoms. The first-order valence-corrected chi connectivity index (χ1v) is 13.7. The maximum atomic E-state index is 3.78. The number of nitrogens with zero attached hydrogens (tertiary/aromatic N) is 1. The number of hydrogen-bond donors (Lipinski definition) is 0. The maximum Gasteiger partial charge on any atom is 0.0267 e. The second-order valence-corrected chi connectivity index (χ2v) is 8.21. The van der Waals surface area contributed by atoms with Crippen molar-refractivity contribution >= 4 is 9.90 Å². The molecular weight excluding hydrogens is 453 g/mol. The van der Waals surface area contributed by atoms with Crippen molar-refractivity contribution in [3.8, 4) is 0 Å². The standard InChI is InChI=1S/C9H12.C6H6.C5H5N.2C4H10.3C2H6.H3P/c1-8(2)9-6-4-3-5-7-9;2*1-2-4-6-5-3-1;2*1-4(2)3;3*1-2;/h3-8H,1-2H3;1-6H;1-5H;2*4H,1-3H3;3*1-2H3;1H3. The van der Waals surface area contributed by atoms with Crippen LogP contribution in [-0.4, -0.2) is 4.98 Å². The van der Waals surface area contributed by atoms with Crippen LogP contribution in [0.2, 0.25) is 0 Å². The fourth-order valence-corrected chi connectivity index (χ4v) is 1.54. The second-order valence-electron chi connectivity index (χ2n) is 8.21. The van der Waals surface area contributed by atoms with Gasteiger partial charge in [0.15, 0.2) is 0 Å². The van der Waals surface area contributed by atoms with E-state index in [9.17, 15) is 0 Å². The molecule has 0 N–H and O–H groups in total. The molecule has 0 radical (unpaired) electrons. The average molecular weight is 518 g/mol. The Kier molecular flexibility index (Phi) is 60.9. The number of hydrogen-bond acceptors (Lipinski definition) is 1. The Morgan fingerprint density at radius 1 is 0.417 bits per heavy atom. The van der Waals surface area contributed by atoms with E-state index in [2.05, 4.69) is 84.6 Å². The zero-order chi connectivity index (χ0) is 28.3. The van der Waals surface area contributed by atoms with Crippen LogP contribution in [0, 0.1) is 11.8 Å². The maximum absolute atomic E-state index is 3.78. The van der Waals surface area contributed by atoms with Crippen LogP contribution in [0.5, 0.6) is 0 Å². The highest BCUT2D eigenvalue weighted by Gasteiger charge is 1.93. The van der Waals surface area contributed by atoms with Gasteiger partial charge in [-0.3, -0.25) is 4.98 Å². The summed E-state index contributed by atoms with van der Waals surface area (Å²) in [5.41, 5.74) is 1.41. The molecule has 1 atom stereocenters. The lowest BCUT2D eigenvalue weighted by molar-refractivity contribution is 0.736. The Labute approximate surface area is 232 Å². The summed E-state index contributed by atoms with van der Waals surface area (Å²) in [6.07, 6.45) is 3.50. The van der Waals surface area contributed by atoms with E-state index in [1.807, 2.05) is 102 Å². The summed E-state index contributed by atoms with van der Waals surface area (Å²) in [6, 6.07) is 28.2. The molecule has 0 amide bonds. The zero-order valence-corrected chi connectivity index (χ0v) is 28.0. The van der Waals surface area contributed by atoms with Crippen molar-refractivity contribution in [1.29, 1.82) is 0 Å². The third-order valence-corrected chi connectivity index (χ3v) is 2.70. The Hall–Kier alpha value is -1.98. The molecule has 2 heteroatoms. The molecule has 0 aliphatic heterocycles. The van der Waals surface area contributed by atoms with E-state index in [0.717, 1.165) is 11.8 Å². The average Bonchev–Trinajstić information content (AvgIpc) is 2.90. The second kappa shape index (κ2) is 46.4. The molecule has 210 valence electrons. The molecule has 1 nitrogen and oxygen atoms in total. The molecule has 36 heavy (non-hydrogen) atoms. The van der Waals surface area contributed by atoms with Gasteiger partial charge in [-0.15, -0.1) is 0 Å². The number of aromatic nitrogens is 1. The van der Waals surface area contributed by atoms with Gasteiger partial charge in [0.25, 0.3) is 0 Å². The summed E-state index contributed by atoms with van der Waals surface area (Å²) in [4.78, 5) is 3.78. The third-order valence-electron chi connectivity index (χ3n) is 2.70. The van der Waals surface area contributed by atoms with Crippen LogP contribution in [0.3, 0.4) is 0 Å². The van der Waals surface area contributed by atoms with Gasteiger partial charge in [-0.1, -0.05) is 170 Å². The minimum atomic E-state index is 0. The van der Waals surface area contributed by atoms with Crippen molar-refractivity contribution in [3.05, 3.63) is 103 Å². The highest BCUT2D eigenvalue weighted by molar-refractivity contribution is 6.92. The van der Waals surface area contributed by atoms with Crippen molar-refractivity contribution in [2.45, 2.75) is 103 Å². The van der Waals surface area contributed by atoms with Gasteiger partial charge in [0.1, 0.15) is 0 Å². The van der Waals surface area contributed by atoms with Crippen molar-refractivity contribution in [2.24, 2.45) is 11.8 Å². The van der Waals surface area contributed by atoms with Gasteiger partial charge < -0.3 is 0 Å². The lowest BCUT2D eigenvalue weighted by atomic mass is 10.0. The summed E-state index contributed by atoms with van der Waals surface area (Å²) in [5, 5.41) is 0. The fourth-order valence-electron chi connectivity index (χ4n) is 1.54. The van der Waals surface area contributed by atoms with Gasteiger partial charge >= 0.3 is 0 Å². The van der Waals surface area contributed by atoms with Crippen LogP contribution in [0.25, 0.3) is 0 Å². The predicted molar refractivity (Wildman–Crippen MR) is 177 cm³/mol. The van der Waals surface area contributed by atoms with E-state index >= 15 is 0 Å². The van der Waals surface area contributed by atoms with Gasteiger partial charge in [0.05, 0.1) is 0 Å². The van der Waals surface area contributed by atoms with Crippen LogP contribution < -0.4 is 0 Å². The molecule has 1 aromatic heterocycles. The Morgan fingerprint density at radius 3 is 0.778 bits per heavy atom. The van der Waals surface area contributed by atoms with Crippen molar-refractivity contribution in [3.63, 3.8) is 0 Å². The van der Waals surface area contributed by atoms with E-state index < -0.39 is 0 Å². The minimum Gasteiger partial charge on any atom is -0.265 e. The summed E-state index contributed by atoms with van der Waals surface area (Å²) < 4.78 is 0. The molecule has 0 saturated carbocycles. The molecular formula is C34H64NP. The minimum absolute atomic E-state index is 0. The Bertz CT molecular complexity index is 527. The molecule has 3 aromatic rings. The third kappa shape index (κ3) is 63.5. The largest absolute Gasteiger partial charge is 0.265 e. The van der Waals surface area contributed by atoms with Gasteiger partial charge in [-0.25, -0.2) is 0 Å². The smallest absolute Gasteiger partial charge is 0.0267 e. The first-order valence-electron chi connectivity index (χ1n) is 13.7. The molecule has 0 saturated heterocycles. The molecule has 0 fully saturated rings. The SMILES string of the molecule is CC.CC.CC.CC(C)C.CC(C)C.CC(C)c1ccccc1.P.c1ccccc1.c1ccncc1. The van der Waals surface area contributed by atoms with E-state index in [-0.39, 0.29) is 9.90 Å². The first kappa shape index (κ1) is 47.2. The monoisotopic (exact) mass is 517 g/mol. The van der Waals surface area contributed by atoms with Gasteiger partial charge in [-0.2, -0.15) is 9.90 Å². The zero-order valence-electron chi connectivity index (χ0n) is 26.6. The lowest BCUT2D eigenvalue weighted by Gasteiger charge is -2.01. The quantitative estimate of drug-likeness (QED) is 0.292. The molecule has 1 unspecified atom stereocenters. The van der Waals surface area contributed by atoms with E-state index in [1.165, 1.54) is 5.56 Å². The molecule has 3 rings (SSSR count).